The Balaban J connectivity index is 3.25. The maximum atomic E-state index is 14.0. The zero-order chi connectivity index (χ0) is 84.1. The smallest absolute Gasteiger partial charge is 0.326 e. The fourth-order valence-electron chi connectivity index (χ4n) is 9.80. The number of aliphatic hydroxyl groups is 3. The summed E-state index contributed by atoms with van der Waals surface area (Å²) in [6.07, 6.45) is -5.28. The molecule has 0 aromatic heterocycles. The molecule has 0 aliphatic carbocycles. The van der Waals surface area contributed by atoms with Gasteiger partial charge < -0.3 is 133 Å². The van der Waals surface area contributed by atoms with Crippen LogP contribution in [0.3, 0.4) is 0 Å². The lowest BCUT2D eigenvalue weighted by atomic mass is 9.99. The number of benzene rings is 1. The first-order valence-corrected chi connectivity index (χ1v) is 35.2. The number of guanidine groups is 1. The molecule has 110 heavy (non-hydrogen) atoms. The summed E-state index contributed by atoms with van der Waals surface area (Å²) in [6.45, 7) is 9.35. The molecule has 0 aliphatic heterocycles. The molecule has 616 valence electrons. The van der Waals surface area contributed by atoms with Crippen LogP contribution in [-0.2, 0) is 92.7 Å². The molecule has 0 heterocycles. The number of amides is 15. The molecular formula is C65H105N19O25S. The lowest BCUT2D eigenvalue weighted by Gasteiger charge is -2.29. The number of nitrogens with zero attached hydrogens (tertiary/aromatic N) is 1. The van der Waals surface area contributed by atoms with Crippen molar-refractivity contribution in [1.29, 1.82) is 0 Å². The van der Waals surface area contributed by atoms with Gasteiger partial charge >= 0.3 is 17.9 Å². The Kier molecular flexibility index (Phi) is 42.6. The number of phenolic OH excluding ortho intramolecular Hbond substituents is 1. The van der Waals surface area contributed by atoms with E-state index in [1.54, 1.807) is 13.8 Å². The Morgan fingerprint density at radius 2 is 0.873 bits per heavy atom. The predicted molar refractivity (Wildman–Crippen MR) is 389 cm³/mol. The third-order valence-electron chi connectivity index (χ3n) is 15.9. The summed E-state index contributed by atoms with van der Waals surface area (Å²) in [5, 5.41) is 101. The number of thiol groups is 1. The van der Waals surface area contributed by atoms with Gasteiger partial charge in [0.05, 0.1) is 44.7 Å². The molecule has 0 saturated carbocycles. The number of hydrogen-bond donors (Lipinski definition) is 26. The molecule has 15 atom stereocenters. The average molecular weight is 1580 g/mol. The number of carbonyl (C=O) groups excluding carboxylic acids is 15. The Morgan fingerprint density at radius 1 is 0.455 bits per heavy atom. The van der Waals surface area contributed by atoms with Crippen LogP contribution in [0.1, 0.15) is 113 Å². The number of aliphatic hydroxyl groups excluding tert-OH is 3. The van der Waals surface area contributed by atoms with Gasteiger partial charge in [-0.3, -0.25) is 86.5 Å². The summed E-state index contributed by atoms with van der Waals surface area (Å²) >= 11 is 4.07. The van der Waals surface area contributed by atoms with E-state index in [0.717, 1.165) is 13.8 Å². The van der Waals surface area contributed by atoms with Gasteiger partial charge in [-0.1, -0.05) is 53.7 Å². The lowest BCUT2D eigenvalue weighted by molar-refractivity contribution is -0.144. The average Bonchev–Trinajstić information content (AvgIpc) is 0.854. The van der Waals surface area contributed by atoms with E-state index < -0.39 is 254 Å². The van der Waals surface area contributed by atoms with Gasteiger partial charge in [0.2, 0.25) is 88.6 Å². The second-order valence-electron chi connectivity index (χ2n) is 26.6. The highest BCUT2D eigenvalue weighted by Gasteiger charge is 2.39. The molecule has 44 nitrogen and oxygen atoms in total. The third-order valence-corrected chi connectivity index (χ3v) is 16.3. The molecule has 1 aromatic rings. The quantitative estimate of drug-likeness (QED) is 0.0125. The third kappa shape index (κ3) is 35.8. The minimum absolute atomic E-state index is 0.00793. The van der Waals surface area contributed by atoms with Crippen LogP contribution in [0.5, 0.6) is 5.75 Å². The van der Waals surface area contributed by atoms with Crippen molar-refractivity contribution in [2.75, 3.05) is 32.1 Å². The van der Waals surface area contributed by atoms with Crippen LogP contribution in [0.15, 0.2) is 29.3 Å². The SMILES string of the molecule is CC(C)C[C@H](NC(=O)[C@H](CC(=O)O)NC(=O)[C@H](CC(N)=O)NC(=O)[C@@H](NC(=O)[C@@H](NC(=O)[C@H](C)NC(=O)CNC(=O)[C@H](C)NC(=O)[C@H](Cc1ccc(O)cc1)NC(=O)[C@H](CO)NC(=O)[C@@H](NC(=O)[C@H](CO)NC(=O)[C@H](CCCN=C(N)N)NC(=O)[C@H](CS)NC(=O)[C@@H](N)CCC(=O)O)[C@@H](C)O)C(C)C)C(C)C)C(=O)O. The molecule has 0 unspecified atom stereocenters. The first-order valence-electron chi connectivity index (χ1n) is 34.5. The Hall–Kier alpha value is -11.1. The topological polar surface area (TPSA) is 734 Å². The van der Waals surface area contributed by atoms with Crippen LogP contribution < -0.4 is 97.4 Å². The number of phenols is 1. The molecule has 0 radical (unpaired) electrons. The van der Waals surface area contributed by atoms with Crippen LogP contribution in [0.25, 0.3) is 0 Å². The number of nitrogens with two attached hydrogens (primary N) is 4. The van der Waals surface area contributed by atoms with E-state index in [1.165, 1.54) is 58.9 Å². The highest BCUT2D eigenvalue weighted by molar-refractivity contribution is 7.80. The number of hydrogen-bond acceptors (Lipinski definition) is 25. The maximum Gasteiger partial charge on any atom is 0.326 e. The van der Waals surface area contributed by atoms with Crippen molar-refractivity contribution in [2.24, 2.45) is 45.7 Å². The summed E-state index contributed by atoms with van der Waals surface area (Å²) in [4.78, 5) is 240. The van der Waals surface area contributed by atoms with E-state index in [4.69, 9.17) is 28.0 Å². The van der Waals surface area contributed by atoms with E-state index >= 15 is 0 Å². The molecule has 1 rings (SSSR count). The number of carbonyl (C=O) groups is 18. The van der Waals surface area contributed by atoms with E-state index in [9.17, 15) is 117 Å². The summed E-state index contributed by atoms with van der Waals surface area (Å²) < 4.78 is 0. The highest BCUT2D eigenvalue weighted by atomic mass is 32.1. The number of carboxylic acids is 3. The monoisotopic (exact) mass is 1580 g/mol. The van der Waals surface area contributed by atoms with Gasteiger partial charge in [0.1, 0.15) is 84.3 Å². The van der Waals surface area contributed by atoms with Crippen LogP contribution >= 0.6 is 12.6 Å². The van der Waals surface area contributed by atoms with E-state index in [-0.39, 0.29) is 61.2 Å². The second kappa shape index (κ2) is 48.4. The van der Waals surface area contributed by atoms with Gasteiger partial charge in [0.15, 0.2) is 5.96 Å². The molecule has 29 N–H and O–H groups in total. The fraction of sp³-hybridized carbons (Fsp3) is 0.615. The molecule has 1 aromatic carbocycles. The van der Waals surface area contributed by atoms with Gasteiger partial charge in [-0.05, 0) is 81.9 Å². The molecular weight excluding hydrogens is 1480 g/mol. The number of rotatable bonds is 50. The lowest BCUT2D eigenvalue weighted by Crippen LogP contribution is -2.63. The van der Waals surface area contributed by atoms with Crippen molar-refractivity contribution in [3.05, 3.63) is 29.8 Å². The van der Waals surface area contributed by atoms with Crippen LogP contribution in [0, 0.1) is 17.8 Å². The molecule has 0 spiro atoms. The van der Waals surface area contributed by atoms with E-state index in [1.807, 2.05) is 0 Å². The van der Waals surface area contributed by atoms with Crippen molar-refractivity contribution in [3.63, 3.8) is 0 Å². The molecule has 15 amide bonds. The number of nitrogens with one attached hydrogen (secondary N) is 14. The van der Waals surface area contributed by atoms with Crippen molar-refractivity contribution < 1.29 is 122 Å². The molecule has 0 saturated heterocycles. The van der Waals surface area contributed by atoms with Crippen molar-refractivity contribution in [1.82, 2.24) is 74.4 Å². The number of primary amides is 1. The molecule has 0 bridgehead atoms. The summed E-state index contributed by atoms with van der Waals surface area (Å²) in [5.41, 5.74) is 22.2. The predicted octanol–water partition coefficient (Wildman–Crippen LogP) is -10.3. The zero-order valence-electron chi connectivity index (χ0n) is 62.1. The van der Waals surface area contributed by atoms with E-state index in [0.29, 0.717) is 0 Å². The molecule has 0 fully saturated rings. The Bertz CT molecular complexity index is 3440. The first-order chi connectivity index (χ1) is 51.3. The minimum atomic E-state index is -2.03. The standard InChI is InChI=1S/C65H105N19O25S/c1-27(2)19-40(64(108)109)78-57(101)39(22-47(93)94)76-56(100)38(21-44(67)89)77-61(105)48(28(3)4)83-62(106)49(29(5)6)82-52(96)31(8)72-45(90)23-71-51(95)30(7)73-55(99)37(20-33-12-14-34(88)15-13-33)75-58(102)41(24-85)80-63(107)50(32(9)87)84-59(103)42(25-86)79-54(98)36(11-10-18-70-65(68)69)74-60(104)43(26-110)81-53(97)35(66)16-17-46(91)92/h12-15,27-32,35-43,48-50,85-88,110H,10-11,16-26,66H2,1-9H3,(H2,67,89)(H,71,95)(H,72,90)(H,73,99)(H,74,104)(H,75,102)(H,76,100)(H,77,105)(H,78,101)(H,79,98)(H,80,107)(H,81,97)(H,82,96)(H,83,106)(H,84,103)(H,91,92)(H,93,94)(H,108,109)(H4,68,69,70)/t30-,31-,32+,35-,36-,37-,38-,39-,40-,41-,42-,43-,48-,49-,50-/m0/s1. The van der Waals surface area contributed by atoms with Crippen LogP contribution in [0.4, 0.5) is 0 Å². The van der Waals surface area contributed by atoms with Crippen molar-refractivity contribution >= 4 is 125 Å². The molecule has 0 aliphatic rings. The van der Waals surface area contributed by atoms with Gasteiger partial charge in [0, 0.05) is 25.1 Å². The number of aromatic hydroxyl groups is 1. The van der Waals surface area contributed by atoms with E-state index in [2.05, 4.69) is 92.1 Å². The van der Waals surface area contributed by atoms with Gasteiger partial charge in [-0.15, -0.1) is 0 Å². The summed E-state index contributed by atoms with van der Waals surface area (Å²) in [5.74, 6) is -23.7. The fourth-order valence-corrected chi connectivity index (χ4v) is 10.1. The Labute approximate surface area is 637 Å². The van der Waals surface area contributed by atoms with Gasteiger partial charge in [0.25, 0.3) is 0 Å². The Morgan fingerprint density at radius 3 is 1.36 bits per heavy atom. The normalized spacial score (nSPS) is 15.2. The minimum Gasteiger partial charge on any atom is -0.508 e. The maximum absolute atomic E-state index is 14.0. The molecule has 45 heteroatoms. The van der Waals surface area contributed by atoms with Crippen LogP contribution in [-0.4, -0.2) is 271 Å². The summed E-state index contributed by atoms with van der Waals surface area (Å²) in [6, 6.07) is -18.0. The number of aliphatic carboxylic acids is 3. The summed E-state index contributed by atoms with van der Waals surface area (Å²) in [7, 11) is 0. The zero-order valence-corrected chi connectivity index (χ0v) is 63.0. The van der Waals surface area contributed by atoms with Crippen molar-refractivity contribution in [3.8, 4) is 5.75 Å². The van der Waals surface area contributed by atoms with Gasteiger partial charge in [-0.2, -0.15) is 12.6 Å². The van der Waals surface area contributed by atoms with Crippen molar-refractivity contribution in [2.45, 2.75) is 204 Å². The van der Waals surface area contributed by atoms with Crippen LogP contribution in [0.2, 0.25) is 0 Å². The first kappa shape index (κ1) is 97.0. The number of carboxylic acid groups (broad SMARTS) is 3. The largest absolute Gasteiger partial charge is 0.508 e. The van der Waals surface area contributed by atoms with Gasteiger partial charge in [-0.25, -0.2) is 4.79 Å². The number of aliphatic imine (C=N–C) groups is 1. The second-order valence-corrected chi connectivity index (χ2v) is 26.9. The highest BCUT2D eigenvalue weighted by Crippen LogP contribution is 2.14.